The Labute approximate surface area is 157 Å². The molecule has 0 spiro atoms. The average Bonchev–Trinajstić information content (AvgIpc) is 2.64. The first kappa shape index (κ1) is 18.8. The topological polar surface area (TPSA) is 63.2 Å². The fraction of sp³-hybridized carbons (Fsp3) is 0.0952. The standard InChI is InChI=1S/C21H18FNO3S/c1-27(25,26)18-11-12-19(22)20(14-18)23-21(24)13-15-7-9-17(10-8-15)16-5-3-2-4-6-16/h2-12,14H,13H2,1H3,(H,23,24). The Morgan fingerprint density at radius 3 is 2.19 bits per heavy atom. The van der Waals surface area contributed by atoms with Crippen molar-refractivity contribution < 1.29 is 17.6 Å². The SMILES string of the molecule is CS(=O)(=O)c1ccc(F)c(NC(=O)Cc2ccc(-c3ccccc3)cc2)c1. The van der Waals surface area contributed by atoms with Crippen molar-refractivity contribution in [1.82, 2.24) is 0 Å². The minimum absolute atomic E-state index is 0.0496. The zero-order valence-corrected chi connectivity index (χ0v) is 15.5. The van der Waals surface area contributed by atoms with Crippen LogP contribution in [0, 0.1) is 5.82 Å². The molecule has 3 rings (SSSR count). The van der Waals surface area contributed by atoms with Crippen LogP contribution in [0.1, 0.15) is 5.56 Å². The molecule has 6 heteroatoms. The normalized spacial score (nSPS) is 11.2. The number of hydrogen-bond donors (Lipinski definition) is 1. The van der Waals surface area contributed by atoms with Crippen LogP contribution < -0.4 is 5.32 Å². The van der Waals surface area contributed by atoms with E-state index in [2.05, 4.69) is 5.32 Å². The van der Waals surface area contributed by atoms with Crippen LogP contribution in [0.15, 0.2) is 77.7 Å². The van der Waals surface area contributed by atoms with Crippen LogP contribution in [0.5, 0.6) is 0 Å². The molecule has 27 heavy (non-hydrogen) atoms. The van der Waals surface area contributed by atoms with Gasteiger partial charge in [-0.25, -0.2) is 12.8 Å². The van der Waals surface area contributed by atoms with Gasteiger partial charge in [-0.05, 0) is 34.9 Å². The second-order valence-electron chi connectivity index (χ2n) is 6.20. The third-order valence-corrected chi connectivity index (χ3v) is 5.18. The van der Waals surface area contributed by atoms with Gasteiger partial charge < -0.3 is 5.32 Å². The fourth-order valence-electron chi connectivity index (χ4n) is 2.66. The smallest absolute Gasteiger partial charge is 0.228 e. The summed E-state index contributed by atoms with van der Waals surface area (Å²) in [6.45, 7) is 0. The summed E-state index contributed by atoms with van der Waals surface area (Å²) in [7, 11) is -3.49. The molecule has 0 aliphatic carbocycles. The summed E-state index contributed by atoms with van der Waals surface area (Å²) in [6, 6.07) is 20.7. The van der Waals surface area contributed by atoms with Gasteiger partial charge in [0.15, 0.2) is 9.84 Å². The average molecular weight is 383 g/mol. The van der Waals surface area contributed by atoms with E-state index >= 15 is 0 Å². The van der Waals surface area contributed by atoms with Crippen LogP contribution in [-0.4, -0.2) is 20.6 Å². The van der Waals surface area contributed by atoms with Gasteiger partial charge in [0.05, 0.1) is 17.0 Å². The Balaban J connectivity index is 1.71. The highest BCUT2D eigenvalue weighted by molar-refractivity contribution is 7.90. The first-order chi connectivity index (χ1) is 12.8. The predicted molar refractivity (Wildman–Crippen MR) is 104 cm³/mol. The number of anilines is 1. The van der Waals surface area contributed by atoms with Crippen LogP contribution in [0.25, 0.3) is 11.1 Å². The molecule has 0 saturated carbocycles. The first-order valence-corrected chi connectivity index (χ1v) is 10.2. The highest BCUT2D eigenvalue weighted by Gasteiger charge is 2.13. The molecule has 0 fully saturated rings. The number of carbonyl (C=O) groups is 1. The van der Waals surface area contributed by atoms with Crippen molar-refractivity contribution in [2.24, 2.45) is 0 Å². The third-order valence-electron chi connectivity index (χ3n) is 4.07. The maximum absolute atomic E-state index is 13.9. The van der Waals surface area contributed by atoms with E-state index < -0.39 is 21.6 Å². The summed E-state index contributed by atoms with van der Waals surface area (Å²) in [6.07, 6.45) is 1.08. The predicted octanol–water partition coefficient (Wildman–Crippen LogP) is 4.08. The number of rotatable bonds is 5. The van der Waals surface area contributed by atoms with Gasteiger partial charge in [-0.15, -0.1) is 0 Å². The van der Waals surface area contributed by atoms with Crippen molar-refractivity contribution >= 4 is 21.4 Å². The molecule has 1 amide bonds. The fourth-order valence-corrected chi connectivity index (χ4v) is 3.30. The molecule has 0 saturated heterocycles. The van der Waals surface area contributed by atoms with E-state index in [9.17, 15) is 17.6 Å². The van der Waals surface area contributed by atoms with Crippen LogP contribution in [-0.2, 0) is 21.1 Å². The molecule has 0 radical (unpaired) electrons. The Kier molecular flexibility index (Phi) is 5.37. The summed E-state index contributed by atoms with van der Waals surface area (Å²) in [4.78, 5) is 12.2. The number of nitrogens with one attached hydrogen (secondary N) is 1. The molecule has 0 aromatic heterocycles. The van der Waals surface area contributed by atoms with E-state index in [1.165, 1.54) is 6.07 Å². The number of benzene rings is 3. The van der Waals surface area contributed by atoms with Crippen molar-refractivity contribution in [3.05, 3.63) is 84.2 Å². The molecule has 3 aromatic carbocycles. The molecule has 138 valence electrons. The first-order valence-electron chi connectivity index (χ1n) is 8.27. The van der Waals surface area contributed by atoms with E-state index in [-0.39, 0.29) is 17.0 Å². The molecule has 0 bridgehead atoms. The van der Waals surface area contributed by atoms with E-state index in [1.807, 2.05) is 54.6 Å². The number of amides is 1. The van der Waals surface area contributed by atoms with Gasteiger partial charge in [-0.3, -0.25) is 4.79 Å². The molecular formula is C21H18FNO3S. The minimum atomic E-state index is -3.49. The van der Waals surface area contributed by atoms with Crippen LogP contribution in [0.4, 0.5) is 10.1 Å². The highest BCUT2D eigenvalue weighted by atomic mass is 32.2. The Morgan fingerprint density at radius 1 is 0.926 bits per heavy atom. The molecule has 0 aliphatic rings. The Bertz CT molecular complexity index is 1060. The van der Waals surface area contributed by atoms with Gasteiger partial charge in [0.2, 0.25) is 5.91 Å². The molecule has 0 aliphatic heterocycles. The summed E-state index contributed by atoms with van der Waals surface area (Å²) >= 11 is 0. The van der Waals surface area contributed by atoms with Crippen molar-refractivity contribution in [3.8, 4) is 11.1 Å². The number of carbonyl (C=O) groups excluding carboxylic acids is 1. The summed E-state index contributed by atoms with van der Waals surface area (Å²) in [5.74, 6) is -1.11. The van der Waals surface area contributed by atoms with E-state index in [0.29, 0.717) is 0 Å². The summed E-state index contributed by atoms with van der Waals surface area (Å²) in [5, 5.41) is 2.44. The molecule has 3 aromatic rings. The van der Waals surface area contributed by atoms with Crippen molar-refractivity contribution in [2.45, 2.75) is 11.3 Å². The molecule has 1 N–H and O–H groups in total. The van der Waals surface area contributed by atoms with Crippen molar-refractivity contribution in [2.75, 3.05) is 11.6 Å². The molecule has 0 unspecified atom stereocenters. The lowest BCUT2D eigenvalue weighted by Gasteiger charge is -2.09. The number of sulfone groups is 1. The quantitative estimate of drug-likeness (QED) is 0.676. The molecular weight excluding hydrogens is 365 g/mol. The van der Waals surface area contributed by atoms with Gasteiger partial charge in [-0.1, -0.05) is 54.6 Å². The number of halogens is 1. The van der Waals surface area contributed by atoms with Crippen molar-refractivity contribution in [1.29, 1.82) is 0 Å². The second-order valence-corrected chi connectivity index (χ2v) is 8.22. The van der Waals surface area contributed by atoms with Crippen molar-refractivity contribution in [3.63, 3.8) is 0 Å². The van der Waals surface area contributed by atoms with E-state index in [0.717, 1.165) is 35.1 Å². The van der Waals surface area contributed by atoms with Crippen LogP contribution >= 0.6 is 0 Å². The van der Waals surface area contributed by atoms with E-state index in [1.54, 1.807) is 0 Å². The Hall–Kier alpha value is -2.99. The maximum atomic E-state index is 13.9. The lowest BCUT2D eigenvalue weighted by molar-refractivity contribution is -0.115. The lowest BCUT2D eigenvalue weighted by Crippen LogP contribution is -2.15. The Morgan fingerprint density at radius 2 is 1.56 bits per heavy atom. The molecule has 0 heterocycles. The van der Waals surface area contributed by atoms with Gasteiger partial charge >= 0.3 is 0 Å². The zero-order chi connectivity index (χ0) is 19.4. The summed E-state index contributed by atoms with van der Waals surface area (Å²) in [5.41, 5.74) is 2.73. The van der Waals surface area contributed by atoms with Gasteiger partial charge in [-0.2, -0.15) is 0 Å². The molecule has 4 nitrogen and oxygen atoms in total. The van der Waals surface area contributed by atoms with Gasteiger partial charge in [0.25, 0.3) is 0 Å². The van der Waals surface area contributed by atoms with Gasteiger partial charge in [0.1, 0.15) is 5.82 Å². The lowest BCUT2D eigenvalue weighted by atomic mass is 10.0. The highest BCUT2D eigenvalue weighted by Crippen LogP contribution is 2.21. The monoisotopic (exact) mass is 383 g/mol. The third kappa shape index (κ3) is 4.80. The number of hydrogen-bond acceptors (Lipinski definition) is 3. The zero-order valence-electron chi connectivity index (χ0n) is 14.6. The second kappa shape index (κ2) is 7.72. The summed E-state index contributed by atoms with van der Waals surface area (Å²) < 4.78 is 37.1. The van der Waals surface area contributed by atoms with E-state index in [4.69, 9.17) is 0 Å². The van der Waals surface area contributed by atoms with Crippen LogP contribution in [0.3, 0.4) is 0 Å². The maximum Gasteiger partial charge on any atom is 0.228 e. The molecule has 0 atom stereocenters. The van der Waals surface area contributed by atoms with Gasteiger partial charge in [0, 0.05) is 6.26 Å². The largest absolute Gasteiger partial charge is 0.323 e. The van der Waals surface area contributed by atoms with Crippen LogP contribution in [0.2, 0.25) is 0 Å². The minimum Gasteiger partial charge on any atom is -0.323 e.